The van der Waals surface area contributed by atoms with E-state index in [2.05, 4.69) is 10.3 Å². The number of carbonyl (C=O) groups is 4. The van der Waals surface area contributed by atoms with Gasteiger partial charge in [-0.15, -0.1) is 0 Å². The number of nitrogens with zero attached hydrogens (tertiary/aromatic N) is 1. The molecule has 1 heterocycles. The minimum absolute atomic E-state index is 0.149. The molecular formula is C20H19N3O5. The first-order valence-corrected chi connectivity index (χ1v) is 8.41. The molecule has 0 radical (unpaired) electrons. The first-order valence-electron chi connectivity index (χ1n) is 8.41. The number of H-pyrrole nitrogens is 1. The molecule has 8 heteroatoms. The molecular weight excluding hydrogens is 362 g/mol. The van der Waals surface area contributed by atoms with Gasteiger partial charge in [0.1, 0.15) is 6.42 Å². The molecule has 0 fully saturated rings. The van der Waals surface area contributed by atoms with Crippen LogP contribution in [0.3, 0.4) is 0 Å². The number of hydrogen-bond donors (Lipinski definition) is 2. The first kappa shape index (κ1) is 20.6. The number of anilines is 1. The molecule has 2 aromatic rings. The summed E-state index contributed by atoms with van der Waals surface area (Å²) in [4.78, 5) is 50.3. The second kappa shape index (κ2) is 8.77. The highest BCUT2D eigenvalue weighted by Crippen LogP contribution is 2.19. The van der Waals surface area contributed by atoms with E-state index in [9.17, 15) is 19.2 Å². The third-order valence-electron chi connectivity index (χ3n) is 4.05. The van der Waals surface area contributed by atoms with E-state index in [4.69, 9.17) is 10.00 Å². The Balaban J connectivity index is 1.99. The van der Waals surface area contributed by atoms with Crippen molar-refractivity contribution < 1.29 is 23.9 Å². The van der Waals surface area contributed by atoms with Crippen molar-refractivity contribution in [1.82, 2.24) is 4.98 Å². The number of ether oxygens (including phenoxy) is 1. The van der Waals surface area contributed by atoms with Gasteiger partial charge in [0.2, 0.25) is 11.7 Å². The molecule has 0 aliphatic heterocycles. The van der Waals surface area contributed by atoms with Gasteiger partial charge < -0.3 is 15.0 Å². The molecule has 28 heavy (non-hydrogen) atoms. The molecule has 0 spiro atoms. The maximum atomic E-state index is 12.3. The average molecular weight is 381 g/mol. The summed E-state index contributed by atoms with van der Waals surface area (Å²) in [6.45, 7) is 4.31. The second-order valence-electron chi connectivity index (χ2n) is 6.14. The van der Waals surface area contributed by atoms with Gasteiger partial charge in [-0.2, -0.15) is 5.26 Å². The van der Waals surface area contributed by atoms with Crippen LogP contribution in [0.25, 0.3) is 0 Å². The molecule has 8 nitrogen and oxygen atoms in total. The van der Waals surface area contributed by atoms with Crippen molar-refractivity contribution in [2.75, 3.05) is 11.9 Å². The summed E-state index contributed by atoms with van der Waals surface area (Å²) < 4.78 is 5.04. The number of aromatic nitrogens is 1. The number of aryl methyl sites for hydroxylation is 1. The second-order valence-corrected chi connectivity index (χ2v) is 6.14. The van der Waals surface area contributed by atoms with E-state index in [1.54, 1.807) is 19.9 Å². The zero-order chi connectivity index (χ0) is 20.8. The zero-order valence-electron chi connectivity index (χ0n) is 15.7. The third kappa shape index (κ3) is 4.71. The molecule has 0 saturated heterocycles. The molecule has 144 valence electrons. The fourth-order valence-corrected chi connectivity index (χ4v) is 2.81. The third-order valence-corrected chi connectivity index (χ3v) is 4.05. The highest BCUT2D eigenvalue weighted by molar-refractivity contribution is 6.04. The van der Waals surface area contributed by atoms with Crippen molar-refractivity contribution in [2.45, 2.75) is 27.2 Å². The Morgan fingerprint density at radius 2 is 1.79 bits per heavy atom. The molecule has 2 rings (SSSR count). The number of benzene rings is 1. The van der Waals surface area contributed by atoms with Crippen LogP contribution in [-0.4, -0.2) is 35.0 Å². The summed E-state index contributed by atoms with van der Waals surface area (Å²) >= 11 is 0. The minimum atomic E-state index is -0.698. The average Bonchev–Trinajstić information content (AvgIpc) is 2.94. The van der Waals surface area contributed by atoms with Gasteiger partial charge in [0.05, 0.1) is 17.3 Å². The molecule has 1 aromatic carbocycles. The quantitative estimate of drug-likeness (QED) is 0.560. The van der Waals surface area contributed by atoms with Gasteiger partial charge in [0.15, 0.2) is 12.4 Å². The molecule has 0 atom stereocenters. The van der Waals surface area contributed by atoms with Gasteiger partial charge in [-0.05, 0) is 50.6 Å². The van der Waals surface area contributed by atoms with Crippen LogP contribution in [0.15, 0.2) is 24.3 Å². The summed E-state index contributed by atoms with van der Waals surface area (Å²) in [7, 11) is 0. The smallest absolute Gasteiger partial charge is 0.338 e. The predicted octanol–water partition coefficient (Wildman–Crippen LogP) is 2.73. The highest BCUT2D eigenvalue weighted by Gasteiger charge is 2.21. The predicted molar refractivity (Wildman–Crippen MR) is 100 cm³/mol. The lowest BCUT2D eigenvalue weighted by molar-refractivity contribution is -0.115. The Bertz CT molecular complexity index is 981. The molecule has 0 saturated carbocycles. The lowest BCUT2D eigenvalue weighted by Crippen LogP contribution is -2.16. The fourth-order valence-electron chi connectivity index (χ4n) is 2.81. The Morgan fingerprint density at radius 3 is 2.32 bits per heavy atom. The number of rotatable bonds is 7. The van der Waals surface area contributed by atoms with Crippen LogP contribution in [0, 0.1) is 25.2 Å². The van der Waals surface area contributed by atoms with Gasteiger partial charge in [0.25, 0.3) is 0 Å². The van der Waals surface area contributed by atoms with Crippen LogP contribution < -0.4 is 5.32 Å². The molecule has 1 aromatic heterocycles. The maximum absolute atomic E-state index is 12.3. The number of Topliss-reactive ketones (excluding diaryl/α,β-unsaturated/α-hetero) is 2. The van der Waals surface area contributed by atoms with E-state index in [1.165, 1.54) is 31.2 Å². The Kier molecular flexibility index (Phi) is 6.45. The molecule has 0 bridgehead atoms. The lowest BCUT2D eigenvalue weighted by atomic mass is 10.1. The van der Waals surface area contributed by atoms with Crippen LogP contribution in [0.5, 0.6) is 0 Å². The maximum Gasteiger partial charge on any atom is 0.338 e. The Morgan fingerprint density at radius 1 is 1.14 bits per heavy atom. The van der Waals surface area contributed by atoms with Gasteiger partial charge in [-0.25, -0.2) is 4.79 Å². The van der Waals surface area contributed by atoms with E-state index < -0.39 is 24.3 Å². The number of ketones is 2. The topological polar surface area (TPSA) is 129 Å². The summed E-state index contributed by atoms with van der Waals surface area (Å²) in [5.74, 6) is -1.74. The van der Waals surface area contributed by atoms with Crippen molar-refractivity contribution >= 4 is 29.1 Å². The fraction of sp³-hybridized carbons (Fsp3) is 0.250. The summed E-state index contributed by atoms with van der Waals surface area (Å²) in [5.41, 5.74) is 2.46. The van der Waals surface area contributed by atoms with Crippen LogP contribution in [0.4, 0.5) is 5.69 Å². The minimum Gasteiger partial charge on any atom is -0.454 e. The Hall–Kier alpha value is -3.73. The van der Waals surface area contributed by atoms with Gasteiger partial charge in [-0.3, -0.25) is 14.4 Å². The van der Waals surface area contributed by atoms with Crippen molar-refractivity contribution in [3.63, 3.8) is 0 Å². The monoisotopic (exact) mass is 381 g/mol. The summed E-state index contributed by atoms with van der Waals surface area (Å²) in [6, 6.07) is 7.59. The van der Waals surface area contributed by atoms with E-state index in [0.29, 0.717) is 22.5 Å². The number of nitrogens with one attached hydrogen (secondary N) is 2. The summed E-state index contributed by atoms with van der Waals surface area (Å²) in [5, 5.41) is 11.0. The standard InChI is InChI=1S/C20H19N3O5/c1-11-18(13(3)24)12(2)22-19(11)16(25)10-28-20(27)14-4-6-15(7-5-14)23-17(26)8-9-21/h4-7,22H,8,10H2,1-3H3,(H,23,26). The SMILES string of the molecule is CC(=O)c1c(C)[nH]c(C(=O)COC(=O)c2ccc(NC(=O)CC#N)cc2)c1C. The molecule has 0 unspecified atom stereocenters. The lowest BCUT2D eigenvalue weighted by Gasteiger charge is -2.06. The Labute approximate surface area is 161 Å². The normalized spacial score (nSPS) is 10.1. The number of aromatic amines is 1. The van der Waals surface area contributed by atoms with E-state index in [0.717, 1.165) is 0 Å². The van der Waals surface area contributed by atoms with Gasteiger partial charge in [0, 0.05) is 16.9 Å². The zero-order valence-corrected chi connectivity index (χ0v) is 15.7. The number of hydrogen-bond acceptors (Lipinski definition) is 6. The van der Waals surface area contributed by atoms with Crippen LogP contribution >= 0.6 is 0 Å². The number of amides is 1. The highest BCUT2D eigenvalue weighted by atomic mass is 16.5. The van der Waals surface area contributed by atoms with Gasteiger partial charge in [-0.1, -0.05) is 0 Å². The van der Waals surface area contributed by atoms with Crippen LogP contribution in [0.2, 0.25) is 0 Å². The van der Waals surface area contributed by atoms with E-state index >= 15 is 0 Å². The van der Waals surface area contributed by atoms with Crippen molar-refractivity contribution in [3.8, 4) is 6.07 Å². The number of nitriles is 1. The number of carbonyl (C=O) groups excluding carboxylic acids is 4. The van der Waals surface area contributed by atoms with Crippen LogP contribution in [0.1, 0.15) is 55.8 Å². The molecule has 0 aliphatic rings. The van der Waals surface area contributed by atoms with E-state index in [-0.39, 0.29) is 23.5 Å². The van der Waals surface area contributed by atoms with E-state index in [1.807, 2.05) is 0 Å². The van der Waals surface area contributed by atoms with Gasteiger partial charge >= 0.3 is 5.97 Å². The molecule has 0 aliphatic carbocycles. The molecule has 1 amide bonds. The molecule has 2 N–H and O–H groups in total. The van der Waals surface area contributed by atoms with Crippen molar-refractivity contribution in [1.29, 1.82) is 5.26 Å². The first-order chi connectivity index (χ1) is 13.2. The van der Waals surface area contributed by atoms with Crippen molar-refractivity contribution in [3.05, 3.63) is 52.3 Å². The van der Waals surface area contributed by atoms with Crippen LogP contribution in [-0.2, 0) is 9.53 Å². The summed E-state index contributed by atoms with van der Waals surface area (Å²) in [6.07, 6.45) is -0.269. The van der Waals surface area contributed by atoms with Crippen molar-refractivity contribution in [2.24, 2.45) is 0 Å². The number of esters is 1. The largest absolute Gasteiger partial charge is 0.454 e.